The molecular weight excluding hydrogens is 222 g/mol. The van der Waals surface area contributed by atoms with Crippen LogP contribution in [0.4, 0.5) is 5.69 Å². The fraction of sp³-hybridized carbons (Fsp3) is 0.182. The average molecular weight is 233 g/mol. The van der Waals surface area contributed by atoms with Crippen LogP contribution in [0.2, 0.25) is 0 Å². The Bertz CT molecular complexity index is 448. The number of rotatable bonds is 5. The summed E-state index contributed by atoms with van der Waals surface area (Å²) in [6.07, 6.45) is 6.28. The number of carbonyl (C=O) groups excluding carboxylic acids is 1. The molecule has 0 aliphatic carbocycles. The van der Waals surface area contributed by atoms with Gasteiger partial charge in [0.05, 0.1) is 25.0 Å². The van der Waals surface area contributed by atoms with Crippen molar-refractivity contribution < 1.29 is 14.7 Å². The summed E-state index contributed by atoms with van der Waals surface area (Å²) in [5.41, 5.74) is 0.357. The molecule has 17 heavy (non-hydrogen) atoms. The maximum atomic E-state index is 11.3. The van der Waals surface area contributed by atoms with Gasteiger partial charge < -0.3 is 10.4 Å². The molecule has 0 aliphatic heterocycles. The largest absolute Gasteiger partial charge is 0.477 e. The van der Waals surface area contributed by atoms with E-state index in [9.17, 15) is 9.59 Å². The van der Waals surface area contributed by atoms with Crippen molar-refractivity contribution in [3.8, 4) is 12.3 Å². The summed E-state index contributed by atoms with van der Waals surface area (Å²) in [5.74, 6) is 0.953. The van der Waals surface area contributed by atoms with Crippen molar-refractivity contribution in [1.82, 2.24) is 10.3 Å². The van der Waals surface area contributed by atoms with Crippen LogP contribution >= 0.6 is 0 Å². The van der Waals surface area contributed by atoms with Gasteiger partial charge >= 0.3 is 5.97 Å². The number of terminal acetylenes is 1. The fourth-order valence-electron chi connectivity index (χ4n) is 1.05. The third-order valence-electron chi connectivity index (χ3n) is 1.78. The van der Waals surface area contributed by atoms with E-state index < -0.39 is 5.97 Å². The van der Waals surface area contributed by atoms with E-state index in [1.807, 2.05) is 0 Å². The summed E-state index contributed by atoms with van der Waals surface area (Å²) >= 11 is 0. The zero-order chi connectivity index (χ0) is 12.7. The minimum Gasteiger partial charge on any atom is -0.477 e. The van der Waals surface area contributed by atoms with Crippen molar-refractivity contribution in [2.45, 2.75) is 0 Å². The van der Waals surface area contributed by atoms with Gasteiger partial charge in [-0.15, -0.1) is 6.42 Å². The lowest BCUT2D eigenvalue weighted by atomic mass is 10.3. The van der Waals surface area contributed by atoms with Crippen molar-refractivity contribution in [3.05, 3.63) is 24.0 Å². The summed E-state index contributed by atoms with van der Waals surface area (Å²) in [6, 6.07) is 2.78. The Balaban J connectivity index is 2.49. The summed E-state index contributed by atoms with van der Waals surface area (Å²) < 4.78 is 0. The number of hydrogen-bond donors (Lipinski definition) is 3. The minimum atomic E-state index is -1.11. The number of carbonyl (C=O) groups is 2. The molecule has 0 saturated heterocycles. The van der Waals surface area contributed by atoms with E-state index in [1.165, 1.54) is 18.3 Å². The molecule has 1 amide bonds. The minimum absolute atomic E-state index is 0.0755. The van der Waals surface area contributed by atoms with Crippen LogP contribution < -0.4 is 10.6 Å². The third kappa shape index (κ3) is 4.32. The molecule has 0 aliphatic rings. The van der Waals surface area contributed by atoms with Gasteiger partial charge in [0.15, 0.2) is 0 Å². The number of hydrogen-bond acceptors (Lipinski definition) is 4. The number of amides is 1. The quantitative estimate of drug-likeness (QED) is 0.489. The van der Waals surface area contributed by atoms with Crippen LogP contribution in [0.1, 0.15) is 10.5 Å². The molecule has 0 radical (unpaired) electrons. The number of nitrogens with one attached hydrogen (secondary N) is 2. The molecule has 0 aromatic carbocycles. The molecule has 1 aromatic heterocycles. The first kappa shape index (κ1) is 12.7. The molecule has 3 N–H and O–H groups in total. The number of nitrogens with zero attached hydrogens (tertiary/aromatic N) is 1. The van der Waals surface area contributed by atoms with E-state index in [4.69, 9.17) is 11.5 Å². The van der Waals surface area contributed by atoms with Gasteiger partial charge in [0.2, 0.25) is 5.91 Å². The van der Waals surface area contributed by atoms with Gasteiger partial charge in [-0.25, -0.2) is 9.78 Å². The predicted molar refractivity (Wildman–Crippen MR) is 61.5 cm³/mol. The molecule has 0 bridgehead atoms. The molecule has 0 fully saturated rings. The van der Waals surface area contributed by atoms with E-state index in [1.54, 1.807) is 0 Å². The number of aromatic nitrogens is 1. The lowest BCUT2D eigenvalue weighted by Gasteiger charge is -2.04. The van der Waals surface area contributed by atoms with Crippen molar-refractivity contribution in [1.29, 1.82) is 0 Å². The van der Waals surface area contributed by atoms with E-state index in [2.05, 4.69) is 21.5 Å². The second-order valence-corrected chi connectivity index (χ2v) is 3.09. The number of pyridine rings is 1. The second-order valence-electron chi connectivity index (χ2n) is 3.09. The predicted octanol–water partition coefficient (Wildman–Crippen LogP) is -0.0589. The normalized spacial score (nSPS) is 9.35. The van der Waals surface area contributed by atoms with Crippen LogP contribution in [0, 0.1) is 12.3 Å². The summed E-state index contributed by atoms with van der Waals surface area (Å²) in [5, 5.41) is 13.9. The number of carboxylic acids is 1. The molecule has 1 heterocycles. The number of anilines is 1. The summed E-state index contributed by atoms with van der Waals surface area (Å²) in [4.78, 5) is 25.5. The Morgan fingerprint density at radius 3 is 2.76 bits per heavy atom. The molecule has 0 spiro atoms. The highest BCUT2D eigenvalue weighted by molar-refractivity contribution is 5.92. The number of carboxylic acid groups (broad SMARTS) is 1. The van der Waals surface area contributed by atoms with Gasteiger partial charge in [0, 0.05) is 0 Å². The van der Waals surface area contributed by atoms with Crippen molar-refractivity contribution in [3.63, 3.8) is 0 Å². The molecule has 1 aromatic rings. The van der Waals surface area contributed by atoms with Gasteiger partial charge in [-0.3, -0.25) is 10.1 Å². The molecule has 0 saturated carbocycles. The Morgan fingerprint density at radius 1 is 1.47 bits per heavy atom. The van der Waals surface area contributed by atoms with Crippen molar-refractivity contribution >= 4 is 17.6 Å². The second kappa shape index (κ2) is 6.25. The lowest BCUT2D eigenvalue weighted by molar-refractivity contribution is -0.115. The Kier molecular flexibility index (Phi) is 4.66. The zero-order valence-corrected chi connectivity index (χ0v) is 8.93. The molecule has 0 unspecified atom stereocenters. The molecule has 1 rings (SSSR count). The van der Waals surface area contributed by atoms with Crippen molar-refractivity contribution in [2.24, 2.45) is 0 Å². The average Bonchev–Trinajstić information content (AvgIpc) is 2.30. The zero-order valence-electron chi connectivity index (χ0n) is 8.93. The molecule has 6 nitrogen and oxygen atoms in total. The maximum Gasteiger partial charge on any atom is 0.354 e. The topological polar surface area (TPSA) is 91.3 Å². The van der Waals surface area contributed by atoms with Crippen LogP contribution in [0.25, 0.3) is 0 Å². The summed E-state index contributed by atoms with van der Waals surface area (Å²) in [6.45, 7) is 0.397. The van der Waals surface area contributed by atoms with E-state index >= 15 is 0 Å². The summed E-state index contributed by atoms with van der Waals surface area (Å²) in [7, 11) is 0. The van der Waals surface area contributed by atoms with Gasteiger partial charge in [-0.05, 0) is 12.1 Å². The molecular formula is C11H11N3O3. The van der Waals surface area contributed by atoms with E-state index in [0.717, 1.165) is 0 Å². The molecule has 88 valence electrons. The SMILES string of the molecule is C#CCNCC(=O)Nc1ccc(C(=O)O)nc1. The van der Waals surface area contributed by atoms with Gasteiger partial charge in [0.25, 0.3) is 0 Å². The Hall–Kier alpha value is -2.39. The lowest BCUT2D eigenvalue weighted by Crippen LogP contribution is -2.28. The Labute approximate surface area is 98.1 Å². The highest BCUT2D eigenvalue weighted by Crippen LogP contribution is 2.05. The monoisotopic (exact) mass is 233 g/mol. The molecule has 6 heteroatoms. The highest BCUT2D eigenvalue weighted by Gasteiger charge is 2.05. The first-order valence-corrected chi connectivity index (χ1v) is 4.77. The van der Waals surface area contributed by atoms with E-state index in [-0.39, 0.29) is 18.1 Å². The smallest absolute Gasteiger partial charge is 0.354 e. The van der Waals surface area contributed by atoms with Gasteiger partial charge in [-0.2, -0.15) is 0 Å². The van der Waals surface area contributed by atoms with Crippen LogP contribution in [-0.4, -0.2) is 35.1 Å². The Morgan fingerprint density at radius 2 is 2.24 bits per heavy atom. The van der Waals surface area contributed by atoms with E-state index in [0.29, 0.717) is 12.2 Å². The van der Waals surface area contributed by atoms with Crippen LogP contribution in [0.3, 0.4) is 0 Å². The third-order valence-corrected chi connectivity index (χ3v) is 1.78. The van der Waals surface area contributed by atoms with Crippen molar-refractivity contribution in [2.75, 3.05) is 18.4 Å². The van der Waals surface area contributed by atoms with Crippen LogP contribution in [0.15, 0.2) is 18.3 Å². The van der Waals surface area contributed by atoms with Gasteiger partial charge in [-0.1, -0.05) is 5.92 Å². The maximum absolute atomic E-state index is 11.3. The number of aromatic carboxylic acids is 1. The highest BCUT2D eigenvalue weighted by atomic mass is 16.4. The van der Waals surface area contributed by atoms with Crippen LogP contribution in [-0.2, 0) is 4.79 Å². The van der Waals surface area contributed by atoms with Crippen LogP contribution in [0.5, 0.6) is 0 Å². The first-order valence-electron chi connectivity index (χ1n) is 4.77. The fourth-order valence-corrected chi connectivity index (χ4v) is 1.05. The van der Waals surface area contributed by atoms with Gasteiger partial charge in [0.1, 0.15) is 5.69 Å². The first-order chi connectivity index (χ1) is 8.13. The standard InChI is InChI=1S/C11H11N3O3/c1-2-5-12-7-10(15)14-8-3-4-9(11(16)17)13-6-8/h1,3-4,6,12H,5,7H2,(H,14,15)(H,16,17). The molecule has 0 atom stereocenters.